The zero-order chi connectivity index (χ0) is 19.0. The summed E-state index contributed by atoms with van der Waals surface area (Å²) in [7, 11) is 1.55. The molecule has 2 heterocycles. The second kappa shape index (κ2) is 11.1. The Bertz CT molecular complexity index is 563. The number of hydrogen-bond acceptors (Lipinski definition) is 4. The maximum absolute atomic E-state index is 12.8. The summed E-state index contributed by atoms with van der Waals surface area (Å²) in [4.78, 5) is 14.3. The molecule has 1 N–H and O–H groups in total. The van der Waals surface area contributed by atoms with Crippen LogP contribution in [0, 0.1) is 0 Å². The SMILES string of the molecule is CCC[CH2][Sn]([CH2]CCC)([CH2]CCC)[c]1sc2c(c1C(=O)OC)CNCC2. The van der Waals surface area contributed by atoms with Gasteiger partial charge in [0, 0.05) is 0 Å². The zero-order valence-corrected chi connectivity index (χ0v) is 20.9. The Labute approximate surface area is 168 Å². The van der Waals surface area contributed by atoms with Crippen molar-refractivity contribution in [1.82, 2.24) is 5.32 Å². The number of fused-ring (bicyclic) bond motifs is 1. The second-order valence-electron chi connectivity index (χ2n) is 7.72. The van der Waals surface area contributed by atoms with Crippen molar-refractivity contribution in [3.63, 3.8) is 0 Å². The Morgan fingerprint density at radius 1 is 1.08 bits per heavy atom. The van der Waals surface area contributed by atoms with Gasteiger partial charge in [-0.3, -0.25) is 0 Å². The van der Waals surface area contributed by atoms with Crippen molar-refractivity contribution in [1.29, 1.82) is 0 Å². The van der Waals surface area contributed by atoms with Crippen molar-refractivity contribution >= 4 is 38.6 Å². The molecule has 0 saturated heterocycles. The Hall–Kier alpha value is -0.0713. The molecular weight excluding hydrogens is 449 g/mol. The minimum atomic E-state index is -2.62. The van der Waals surface area contributed by atoms with Crippen LogP contribution in [-0.2, 0) is 17.7 Å². The second-order valence-corrected chi connectivity index (χ2v) is 22.9. The van der Waals surface area contributed by atoms with Crippen LogP contribution in [0.25, 0.3) is 0 Å². The van der Waals surface area contributed by atoms with Gasteiger partial charge in [-0.05, 0) is 0 Å². The molecule has 0 radical (unpaired) electrons. The Kier molecular flexibility index (Phi) is 9.45. The van der Waals surface area contributed by atoms with Gasteiger partial charge in [-0.1, -0.05) is 0 Å². The topological polar surface area (TPSA) is 38.3 Å². The van der Waals surface area contributed by atoms with E-state index in [-0.39, 0.29) is 5.97 Å². The fourth-order valence-electron chi connectivity index (χ4n) is 4.27. The summed E-state index contributed by atoms with van der Waals surface area (Å²) >= 11 is -0.604. The van der Waals surface area contributed by atoms with E-state index in [1.54, 1.807) is 10.0 Å². The van der Waals surface area contributed by atoms with E-state index in [9.17, 15) is 4.79 Å². The summed E-state index contributed by atoms with van der Waals surface area (Å²) in [5.41, 5.74) is 2.27. The van der Waals surface area contributed by atoms with Gasteiger partial charge in [-0.25, -0.2) is 0 Å². The first-order valence-corrected chi connectivity index (χ1v) is 18.9. The molecule has 0 spiro atoms. The summed E-state index contributed by atoms with van der Waals surface area (Å²) in [6, 6.07) is 0. The van der Waals surface area contributed by atoms with Crippen LogP contribution >= 0.6 is 11.3 Å². The van der Waals surface area contributed by atoms with E-state index in [2.05, 4.69) is 26.1 Å². The molecule has 0 aromatic carbocycles. The van der Waals surface area contributed by atoms with Crippen LogP contribution in [0.4, 0.5) is 0 Å². The Balaban J connectivity index is 2.56. The van der Waals surface area contributed by atoms with Gasteiger partial charge in [0.05, 0.1) is 0 Å². The van der Waals surface area contributed by atoms with E-state index in [0.717, 1.165) is 25.1 Å². The number of ether oxygens (including phenoxy) is 1. The van der Waals surface area contributed by atoms with E-state index in [0.29, 0.717) is 0 Å². The van der Waals surface area contributed by atoms with Crippen molar-refractivity contribution in [3.8, 4) is 0 Å². The third kappa shape index (κ3) is 5.05. The van der Waals surface area contributed by atoms with E-state index < -0.39 is 18.4 Å². The molecule has 0 unspecified atom stereocenters. The number of methoxy groups -OCH3 is 1. The van der Waals surface area contributed by atoms with Gasteiger partial charge >= 0.3 is 169 Å². The van der Waals surface area contributed by atoms with Gasteiger partial charge in [0.25, 0.3) is 0 Å². The summed E-state index contributed by atoms with van der Waals surface area (Å²) in [5.74, 6) is -0.0771. The minimum absolute atomic E-state index is 0.0771. The average Bonchev–Trinajstić information content (AvgIpc) is 3.07. The fraction of sp³-hybridized carbons (Fsp3) is 0.762. The molecule has 26 heavy (non-hydrogen) atoms. The predicted molar refractivity (Wildman–Crippen MR) is 116 cm³/mol. The molecule has 1 aromatic rings. The number of hydrogen-bond donors (Lipinski definition) is 1. The normalized spacial score (nSPS) is 14.3. The zero-order valence-electron chi connectivity index (χ0n) is 17.2. The average molecular weight is 486 g/mol. The molecule has 2 rings (SSSR count). The van der Waals surface area contributed by atoms with Gasteiger partial charge in [0.2, 0.25) is 0 Å². The first-order chi connectivity index (χ1) is 12.6. The third-order valence-electron chi connectivity index (χ3n) is 5.82. The summed E-state index contributed by atoms with van der Waals surface area (Å²) in [6.07, 6.45) is 8.83. The number of nitrogens with one attached hydrogen (secondary N) is 1. The van der Waals surface area contributed by atoms with Crippen molar-refractivity contribution in [2.24, 2.45) is 0 Å². The molecule has 0 bridgehead atoms. The van der Waals surface area contributed by atoms with Crippen molar-refractivity contribution in [3.05, 3.63) is 16.0 Å². The predicted octanol–water partition coefficient (Wildman–Crippen LogP) is 5.24. The summed E-state index contributed by atoms with van der Waals surface area (Å²) in [6.45, 7) is 8.80. The van der Waals surface area contributed by atoms with Crippen LogP contribution in [-0.4, -0.2) is 38.0 Å². The van der Waals surface area contributed by atoms with E-state index >= 15 is 0 Å². The number of thiophene rings is 1. The molecule has 1 aromatic heterocycles. The molecule has 3 nitrogen and oxygen atoms in total. The molecule has 0 saturated carbocycles. The first-order valence-electron chi connectivity index (χ1n) is 10.6. The first kappa shape index (κ1) is 22.2. The monoisotopic (exact) mass is 487 g/mol. The number of rotatable bonds is 11. The number of unbranched alkanes of at least 4 members (excludes halogenated alkanes) is 3. The number of carbonyl (C=O) groups is 1. The van der Waals surface area contributed by atoms with Crippen LogP contribution < -0.4 is 8.21 Å². The van der Waals surface area contributed by atoms with Gasteiger partial charge in [-0.15, -0.1) is 0 Å². The Morgan fingerprint density at radius 3 is 2.15 bits per heavy atom. The standard InChI is InChI=1S/C9H10NO2S.3C4H9.Sn/c1-12-9(11)7-5-13-8-2-3-10-4-6(7)8;3*1-3-4-2;/h10H,2-4H2,1H3;3*1,3-4H2,2H3;. The molecule has 5 heteroatoms. The van der Waals surface area contributed by atoms with Gasteiger partial charge in [0.15, 0.2) is 0 Å². The maximum atomic E-state index is 12.8. The molecule has 0 aliphatic carbocycles. The third-order valence-corrected chi connectivity index (χ3v) is 25.4. The number of esters is 1. The number of carbonyl (C=O) groups excluding carboxylic acids is 1. The molecule has 0 fully saturated rings. The van der Waals surface area contributed by atoms with Crippen LogP contribution in [0.1, 0.15) is 80.1 Å². The molecule has 1 aliphatic rings. The molecule has 0 amide bonds. The van der Waals surface area contributed by atoms with Gasteiger partial charge in [0.1, 0.15) is 0 Å². The van der Waals surface area contributed by atoms with E-state index in [1.807, 2.05) is 11.3 Å². The Morgan fingerprint density at radius 2 is 1.65 bits per heavy atom. The van der Waals surface area contributed by atoms with Crippen LogP contribution in [0.3, 0.4) is 0 Å². The van der Waals surface area contributed by atoms with Crippen molar-refractivity contribution in [2.45, 2.75) is 85.6 Å². The molecule has 0 atom stereocenters. The molecular formula is C21H37NO2SSn. The van der Waals surface area contributed by atoms with E-state index in [4.69, 9.17) is 4.74 Å². The van der Waals surface area contributed by atoms with Gasteiger partial charge < -0.3 is 0 Å². The van der Waals surface area contributed by atoms with E-state index in [1.165, 1.54) is 62.3 Å². The van der Waals surface area contributed by atoms with Crippen LogP contribution in [0.15, 0.2) is 0 Å². The van der Waals surface area contributed by atoms with Gasteiger partial charge in [-0.2, -0.15) is 0 Å². The summed E-state index contributed by atoms with van der Waals surface area (Å²) < 4.78 is 11.0. The molecule has 148 valence electrons. The fourth-order valence-corrected chi connectivity index (χ4v) is 25.6. The van der Waals surface area contributed by atoms with Crippen molar-refractivity contribution < 1.29 is 9.53 Å². The quantitative estimate of drug-likeness (QED) is 0.344. The van der Waals surface area contributed by atoms with Crippen LogP contribution in [0.2, 0.25) is 13.3 Å². The summed E-state index contributed by atoms with van der Waals surface area (Å²) in [5, 5.41) is 3.48. The van der Waals surface area contributed by atoms with Crippen LogP contribution in [0.5, 0.6) is 0 Å². The molecule has 1 aliphatic heterocycles. The van der Waals surface area contributed by atoms with Crippen molar-refractivity contribution in [2.75, 3.05) is 13.7 Å².